The molecule has 4 rings (SSSR count). The maximum Gasteiger partial charge on any atom is 0.324 e. The van der Waals surface area contributed by atoms with Crippen LogP contribution in [0.3, 0.4) is 0 Å². The molecule has 0 radical (unpaired) electrons. The third kappa shape index (κ3) is 4.42. The number of amides is 4. The van der Waals surface area contributed by atoms with E-state index in [1.165, 1.54) is 4.90 Å². The smallest absolute Gasteiger partial charge is 0.324 e. The highest BCUT2D eigenvalue weighted by molar-refractivity contribution is 5.96. The van der Waals surface area contributed by atoms with Crippen LogP contribution in [0.15, 0.2) is 12.2 Å². The van der Waals surface area contributed by atoms with Gasteiger partial charge in [-0.15, -0.1) is 0 Å². The Balaban J connectivity index is 1.53. The largest absolute Gasteiger partial charge is 0.382 e. The molecule has 1 heterocycles. The van der Waals surface area contributed by atoms with Gasteiger partial charge >= 0.3 is 6.03 Å². The zero-order chi connectivity index (χ0) is 25.4. The number of fused-ring (bicyclic) bond motifs is 5. The lowest BCUT2D eigenvalue weighted by atomic mass is 9.47. The van der Waals surface area contributed by atoms with E-state index in [4.69, 9.17) is 4.74 Å². The van der Waals surface area contributed by atoms with Gasteiger partial charge in [-0.25, -0.2) is 4.79 Å². The van der Waals surface area contributed by atoms with E-state index in [9.17, 15) is 14.4 Å². The molecule has 3 fully saturated rings. The number of carbonyl (C=O) groups excluding carboxylic acids is 3. The molecule has 7 atom stereocenters. The summed E-state index contributed by atoms with van der Waals surface area (Å²) in [6, 6.07) is -0.00851. The summed E-state index contributed by atoms with van der Waals surface area (Å²) in [4.78, 5) is 42.5. The van der Waals surface area contributed by atoms with E-state index in [0.717, 1.165) is 38.5 Å². The average Bonchev–Trinajstić information content (AvgIpc) is 3.19. The molecule has 3 saturated carbocycles. The Morgan fingerprint density at radius 2 is 1.91 bits per heavy atom. The van der Waals surface area contributed by atoms with Crippen molar-refractivity contribution in [2.45, 2.75) is 78.7 Å². The summed E-state index contributed by atoms with van der Waals surface area (Å²) in [5, 5.41) is 2.85. The van der Waals surface area contributed by atoms with Crippen LogP contribution in [-0.2, 0) is 14.3 Å². The number of imide groups is 1. The minimum atomic E-state index is -0.275. The molecule has 0 aromatic rings. The van der Waals surface area contributed by atoms with Crippen LogP contribution in [0.25, 0.3) is 0 Å². The average molecular weight is 488 g/mol. The van der Waals surface area contributed by atoms with Gasteiger partial charge in [-0.2, -0.15) is 0 Å². The molecule has 0 unspecified atom stereocenters. The monoisotopic (exact) mass is 487 g/mol. The third-order valence-electron chi connectivity index (χ3n) is 10.1. The summed E-state index contributed by atoms with van der Waals surface area (Å²) in [5.74, 6) is 1.59. The Bertz CT molecular complexity index is 859. The molecule has 1 N–H and O–H groups in total. The Morgan fingerprint density at radius 3 is 2.63 bits per heavy atom. The van der Waals surface area contributed by atoms with E-state index >= 15 is 0 Å². The SMILES string of the molecule is CCNC(=O)N(CCCOCC)C(=O)[C@H]1CC[C@H]2[C@@H]3CC[C@H]4N(C)C(=O)C=C[C@]4(C)[C@H]3CC[C@]12C. The summed E-state index contributed by atoms with van der Waals surface area (Å²) in [5.41, 5.74) is -0.0759. The molecular weight excluding hydrogens is 442 g/mol. The van der Waals surface area contributed by atoms with Crippen molar-refractivity contribution >= 4 is 17.8 Å². The predicted octanol–water partition coefficient (Wildman–Crippen LogP) is 4.23. The highest BCUT2D eigenvalue weighted by Gasteiger charge is 2.62. The molecule has 1 aliphatic heterocycles. The number of ether oxygens (including phenoxy) is 1. The molecule has 0 spiro atoms. The lowest BCUT2D eigenvalue weighted by molar-refractivity contribution is -0.145. The Labute approximate surface area is 211 Å². The van der Waals surface area contributed by atoms with E-state index in [1.807, 2.05) is 25.8 Å². The first-order chi connectivity index (χ1) is 16.7. The van der Waals surface area contributed by atoms with Crippen molar-refractivity contribution < 1.29 is 19.1 Å². The van der Waals surface area contributed by atoms with Crippen molar-refractivity contribution in [1.29, 1.82) is 0 Å². The molecule has 4 amide bonds. The fourth-order valence-electron chi connectivity index (χ4n) is 8.36. The zero-order valence-corrected chi connectivity index (χ0v) is 22.3. The molecule has 35 heavy (non-hydrogen) atoms. The fourth-order valence-corrected chi connectivity index (χ4v) is 8.36. The van der Waals surface area contributed by atoms with Crippen LogP contribution in [-0.4, -0.2) is 67.0 Å². The number of hydrogen-bond acceptors (Lipinski definition) is 4. The van der Waals surface area contributed by atoms with Crippen LogP contribution in [0.4, 0.5) is 4.79 Å². The van der Waals surface area contributed by atoms with Gasteiger partial charge in [0.2, 0.25) is 11.8 Å². The number of likely N-dealkylation sites (N-methyl/N-ethyl adjacent to an activating group) is 1. The van der Waals surface area contributed by atoms with Crippen LogP contribution >= 0.6 is 0 Å². The summed E-state index contributed by atoms with van der Waals surface area (Å²) >= 11 is 0. The molecule has 0 aromatic heterocycles. The Kier molecular flexibility index (Phi) is 7.65. The van der Waals surface area contributed by atoms with Gasteiger partial charge in [-0.3, -0.25) is 14.5 Å². The third-order valence-corrected chi connectivity index (χ3v) is 10.1. The van der Waals surface area contributed by atoms with Gasteiger partial charge in [0.15, 0.2) is 0 Å². The zero-order valence-electron chi connectivity index (χ0n) is 22.3. The number of carbonyl (C=O) groups is 3. The fraction of sp³-hybridized carbons (Fsp3) is 0.821. The van der Waals surface area contributed by atoms with Crippen LogP contribution in [0, 0.1) is 34.5 Å². The maximum atomic E-state index is 13.9. The summed E-state index contributed by atoms with van der Waals surface area (Å²) in [6.45, 7) is 10.6. The van der Waals surface area contributed by atoms with Crippen LogP contribution in [0.2, 0.25) is 0 Å². The van der Waals surface area contributed by atoms with Gasteiger partial charge in [0.05, 0.1) is 0 Å². The lowest BCUT2D eigenvalue weighted by Crippen LogP contribution is -2.60. The standard InChI is InChI=1S/C28H45N3O4/c1-6-29-26(34)31(17-8-18-35-7-2)25(33)22-11-10-20-19-9-12-23-28(4,16-14-24(32)30(23)5)21(19)13-15-27(20,22)3/h14,16,19-23H,6-13,15,17-18H2,1-5H3,(H,29,34)/t19-,20-,21-,22+,23+,27-,28+/m0/s1. The molecular formula is C28H45N3O4. The first kappa shape index (κ1) is 26.2. The van der Waals surface area contributed by atoms with Gasteiger partial charge in [-0.05, 0) is 88.0 Å². The molecule has 7 heteroatoms. The second kappa shape index (κ2) is 10.2. The predicted molar refractivity (Wildman–Crippen MR) is 135 cm³/mol. The maximum absolute atomic E-state index is 13.9. The van der Waals surface area contributed by atoms with Gasteiger partial charge in [0.1, 0.15) is 0 Å². The lowest BCUT2D eigenvalue weighted by Gasteiger charge is -2.60. The number of nitrogens with one attached hydrogen (secondary N) is 1. The van der Waals surface area contributed by atoms with Crippen molar-refractivity contribution in [2.75, 3.05) is 33.4 Å². The van der Waals surface area contributed by atoms with Crippen molar-refractivity contribution in [3.8, 4) is 0 Å². The molecule has 3 aliphatic carbocycles. The Hall–Kier alpha value is -1.89. The molecule has 196 valence electrons. The topological polar surface area (TPSA) is 79.0 Å². The van der Waals surface area contributed by atoms with Crippen LogP contribution < -0.4 is 5.32 Å². The first-order valence-corrected chi connectivity index (χ1v) is 13.8. The van der Waals surface area contributed by atoms with Gasteiger partial charge in [0, 0.05) is 50.7 Å². The van der Waals surface area contributed by atoms with Crippen LogP contribution in [0.5, 0.6) is 0 Å². The number of nitrogens with zero attached hydrogens (tertiary/aromatic N) is 2. The molecule has 0 saturated heterocycles. The van der Waals surface area contributed by atoms with Gasteiger partial charge in [-0.1, -0.05) is 19.9 Å². The summed E-state index contributed by atoms with van der Waals surface area (Å²) < 4.78 is 5.46. The van der Waals surface area contributed by atoms with Crippen molar-refractivity contribution in [3.05, 3.63) is 12.2 Å². The molecule has 4 aliphatic rings. The summed E-state index contributed by atoms with van der Waals surface area (Å²) in [6.07, 6.45) is 10.8. The first-order valence-electron chi connectivity index (χ1n) is 13.8. The number of hydrogen-bond donors (Lipinski definition) is 1. The van der Waals surface area contributed by atoms with Gasteiger partial charge in [0.25, 0.3) is 0 Å². The Morgan fingerprint density at radius 1 is 1.14 bits per heavy atom. The van der Waals surface area contributed by atoms with Crippen molar-refractivity contribution in [1.82, 2.24) is 15.1 Å². The quantitative estimate of drug-likeness (QED) is 0.545. The number of rotatable bonds is 7. The van der Waals surface area contributed by atoms with Gasteiger partial charge < -0.3 is 15.0 Å². The normalized spacial score (nSPS) is 37.9. The summed E-state index contributed by atoms with van der Waals surface area (Å²) in [7, 11) is 1.95. The van der Waals surface area contributed by atoms with E-state index in [1.54, 1.807) is 6.08 Å². The second-order valence-electron chi connectivity index (χ2n) is 11.7. The van der Waals surface area contributed by atoms with E-state index in [-0.39, 0.29) is 40.6 Å². The molecule has 0 bridgehead atoms. The van der Waals surface area contributed by atoms with Crippen LogP contribution in [0.1, 0.15) is 72.6 Å². The minimum Gasteiger partial charge on any atom is -0.382 e. The van der Waals surface area contributed by atoms with Crippen molar-refractivity contribution in [2.24, 2.45) is 34.5 Å². The highest BCUT2D eigenvalue weighted by atomic mass is 16.5. The van der Waals surface area contributed by atoms with E-state index in [2.05, 4.69) is 25.2 Å². The molecule has 0 aromatic carbocycles. The minimum absolute atomic E-state index is 0.00121. The number of urea groups is 1. The van der Waals surface area contributed by atoms with Crippen molar-refractivity contribution in [3.63, 3.8) is 0 Å². The van der Waals surface area contributed by atoms with E-state index < -0.39 is 0 Å². The van der Waals surface area contributed by atoms with E-state index in [0.29, 0.717) is 50.5 Å². The highest BCUT2D eigenvalue weighted by Crippen LogP contribution is 2.65. The molecule has 7 nitrogen and oxygen atoms in total. The second-order valence-corrected chi connectivity index (χ2v) is 11.7.